The summed E-state index contributed by atoms with van der Waals surface area (Å²) in [5.41, 5.74) is 0.823. The minimum absolute atomic E-state index is 0.181. The van der Waals surface area contributed by atoms with Crippen LogP contribution >= 0.6 is 0 Å². The number of ether oxygens (including phenoxy) is 1. The highest BCUT2D eigenvalue weighted by Crippen LogP contribution is 2.17. The number of halogens is 2. The van der Waals surface area contributed by atoms with Crippen molar-refractivity contribution in [3.05, 3.63) is 65.2 Å². The van der Waals surface area contributed by atoms with Gasteiger partial charge in [0.05, 0.1) is 13.2 Å². The number of rotatable bonds is 7. The Kier molecular flexibility index (Phi) is 7.09. The Morgan fingerprint density at radius 2 is 1.57 bits per heavy atom. The summed E-state index contributed by atoms with van der Waals surface area (Å²) in [7, 11) is 1.53. The quantitative estimate of drug-likeness (QED) is 0.759. The summed E-state index contributed by atoms with van der Waals surface area (Å²) in [6.07, 6.45) is 0. The molecule has 0 aliphatic heterocycles. The van der Waals surface area contributed by atoms with Crippen LogP contribution in [0.25, 0.3) is 0 Å². The fourth-order valence-corrected chi connectivity index (χ4v) is 2.67. The van der Waals surface area contributed by atoms with Crippen LogP contribution < -0.4 is 15.4 Å². The third-order valence-electron chi connectivity index (χ3n) is 4.39. The lowest BCUT2D eigenvalue weighted by Crippen LogP contribution is -2.50. The van der Waals surface area contributed by atoms with Crippen molar-refractivity contribution in [3.8, 4) is 5.75 Å². The predicted molar refractivity (Wildman–Crippen MR) is 102 cm³/mol. The molecule has 2 aromatic carbocycles. The number of nitrogens with one attached hydrogen (secondary N) is 2. The highest BCUT2D eigenvalue weighted by atomic mass is 19.2. The van der Waals surface area contributed by atoms with E-state index >= 15 is 0 Å². The van der Waals surface area contributed by atoms with Crippen molar-refractivity contribution in [2.75, 3.05) is 7.11 Å². The van der Waals surface area contributed by atoms with E-state index in [1.807, 2.05) is 0 Å². The molecule has 28 heavy (non-hydrogen) atoms. The number of hydrogen-bond acceptors (Lipinski definition) is 3. The summed E-state index contributed by atoms with van der Waals surface area (Å²) in [6, 6.07) is 8.64. The number of carbonyl (C=O) groups excluding carboxylic acids is 2. The maximum Gasteiger partial charge on any atom is 0.251 e. The van der Waals surface area contributed by atoms with Gasteiger partial charge in [0.15, 0.2) is 11.6 Å². The van der Waals surface area contributed by atoms with Crippen LogP contribution in [0.2, 0.25) is 0 Å². The van der Waals surface area contributed by atoms with Crippen LogP contribution in [0, 0.1) is 17.6 Å². The van der Waals surface area contributed by atoms with Crippen LogP contribution in [0.5, 0.6) is 5.75 Å². The van der Waals surface area contributed by atoms with Gasteiger partial charge in [-0.25, -0.2) is 8.78 Å². The van der Waals surface area contributed by atoms with Crippen molar-refractivity contribution in [2.45, 2.75) is 32.9 Å². The van der Waals surface area contributed by atoms with Crippen LogP contribution in [-0.4, -0.2) is 25.0 Å². The van der Waals surface area contributed by atoms with Crippen molar-refractivity contribution in [2.24, 2.45) is 5.92 Å². The molecule has 2 N–H and O–H groups in total. The van der Waals surface area contributed by atoms with E-state index < -0.39 is 35.5 Å². The number of amides is 2. The maximum absolute atomic E-state index is 13.4. The summed E-state index contributed by atoms with van der Waals surface area (Å²) in [5.74, 6) is -2.29. The van der Waals surface area contributed by atoms with Gasteiger partial charge < -0.3 is 15.4 Å². The second-order valence-electron chi connectivity index (χ2n) is 6.83. The van der Waals surface area contributed by atoms with Gasteiger partial charge in [0.1, 0.15) is 11.8 Å². The summed E-state index contributed by atoms with van der Waals surface area (Å²) < 4.78 is 31.6. The Balaban J connectivity index is 2.07. The van der Waals surface area contributed by atoms with E-state index in [4.69, 9.17) is 4.74 Å². The van der Waals surface area contributed by atoms with Gasteiger partial charge in [-0.05, 0) is 54.8 Å². The van der Waals surface area contributed by atoms with E-state index in [0.29, 0.717) is 16.9 Å². The lowest BCUT2D eigenvalue weighted by molar-refractivity contribution is -0.124. The molecule has 0 bridgehead atoms. The molecule has 0 aromatic heterocycles. The zero-order valence-electron chi connectivity index (χ0n) is 16.3. The van der Waals surface area contributed by atoms with E-state index in [0.717, 1.165) is 12.1 Å². The molecule has 2 atom stereocenters. The summed E-state index contributed by atoms with van der Waals surface area (Å²) in [4.78, 5) is 25.2. The molecule has 0 saturated carbocycles. The van der Waals surface area contributed by atoms with Gasteiger partial charge in [-0.2, -0.15) is 0 Å². The molecule has 0 heterocycles. The summed E-state index contributed by atoms with van der Waals surface area (Å²) in [6.45, 7) is 5.27. The van der Waals surface area contributed by atoms with Gasteiger partial charge in [0, 0.05) is 5.56 Å². The number of carbonyl (C=O) groups is 2. The van der Waals surface area contributed by atoms with E-state index in [2.05, 4.69) is 10.6 Å². The predicted octanol–water partition coefficient (Wildman–Crippen LogP) is 3.61. The smallest absolute Gasteiger partial charge is 0.251 e. The minimum atomic E-state index is -0.980. The van der Waals surface area contributed by atoms with Crippen molar-refractivity contribution in [3.63, 3.8) is 0 Å². The number of benzene rings is 2. The molecule has 2 aromatic rings. The average molecular weight is 390 g/mol. The lowest BCUT2D eigenvalue weighted by atomic mass is 10.0. The first kappa shape index (κ1) is 21.3. The van der Waals surface area contributed by atoms with Crippen molar-refractivity contribution < 1.29 is 23.1 Å². The van der Waals surface area contributed by atoms with E-state index in [-0.39, 0.29) is 5.92 Å². The molecule has 150 valence electrons. The van der Waals surface area contributed by atoms with Crippen LogP contribution in [0.4, 0.5) is 8.78 Å². The molecule has 0 aliphatic rings. The van der Waals surface area contributed by atoms with Gasteiger partial charge in [0.25, 0.3) is 5.91 Å². The molecule has 7 heteroatoms. The lowest BCUT2D eigenvalue weighted by Gasteiger charge is -2.24. The van der Waals surface area contributed by atoms with Crippen molar-refractivity contribution >= 4 is 11.8 Å². The normalized spacial score (nSPS) is 13.0. The van der Waals surface area contributed by atoms with E-state index in [1.165, 1.54) is 13.2 Å². The zero-order chi connectivity index (χ0) is 20.8. The van der Waals surface area contributed by atoms with E-state index in [1.54, 1.807) is 45.0 Å². The molecule has 0 aliphatic carbocycles. The Labute approximate surface area is 163 Å². The Bertz CT molecular complexity index is 838. The third-order valence-corrected chi connectivity index (χ3v) is 4.39. The average Bonchev–Trinajstić information content (AvgIpc) is 2.67. The third kappa shape index (κ3) is 5.28. The second-order valence-corrected chi connectivity index (χ2v) is 6.83. The molecule has 0 spiro atoms. The molecule has 5 nitrogen and oxygen atoms in total. The van der Waals surface area contributed by atoms with Crippen LogP contribution in [0.15, 0.2) is 42.5 Å². The SMILES string of the molecule is COc1ccc(C(=O)NC(C(=O)NC(C)c2ccc(F)c(F)c2)C(C)C)cc1. The first-order valence-corrected chi connectivity index (χ1v) is 8.93. The topological polar surface area (TPSA) is 67.4 Å². The number of methoxy groups -OCH3 is 1. The first-order valence-electron chi connectivity index (χ1n) is 8.93. The largest absolute Gasteiger partial charge is 0.497 e. The molecule has 2 amide bonds. The van der Waals surface area contributed by atoms with Gasteiger partial charge in [-0.1, -0.05) is 19.9 Å². The van der Waals surface area contributed by atoms with Crippen molar-refractivity contribution in [1.82, 2.24) is 10.6 Å². The monoisotopic (exact) mass is 390 g/mol. The molecule has 2 rings (SSSR count). The molecular weight excluding hydrogens is 366 g/mol. The fraction of sp³-hybridized carbons (Fsp3) is 0.333. The molecule has 2 unspecified atom stereocenters. The van der Waals surface area contributed by atoms with Crippen LogP contribution in [0.1, 0.15) is 42.7 Å². The molecular formula is C21H24F2N2O3. The highest BCUT2D eigenvalue weighted by molar-refractivity contribution is 5.97. The minimum Gasteiger partial charge on any atom is -0.497 e. The standard InChI is InChI=1S/C21H24F2N2O3/c1-12(2)19(25-20(26)14-5-8-16(28-4)9-6-14)21(27)24-13(3)15-7-10-17(22)18(23)11-15/h5-13,19H,1-4H3,(H,24,27)(H,25,26). The fourth-order valence-electron chi connectivity index (χ4n) is 2.67. The Hall–Kier alpha value is -2.96. The van der Waals surface area contributed by atoms with Gasteiger partial charge in [-0.15, -0.1) is 0 Å². The Morgan fingerprint density at radius 3 is 2.11 bits per heavy atom. The van der Waals surface area contributed by atoms with Gasteiger partial charge >= 0.3 is 0 Å². The van der Waals surface area contributed by atoms with Gasteiger partial charge in [-0.3, -0.25) is 9.59 Å². The number of hydrogen-bond donors (Lipinski definition) is 2. The molecule has 0 saturated heterocycles. The van der Waals surface area contributed by atoms with E-state index in [9.17, 15) is 18.4 Å². The maximum atomic E-state index is 13.4. The molecule has 0 radical (unpaired) electrons. The zero-order valence-corrected chi connectivity index (χ0v) is 16.3. The van der Waals surface area contributed by atoms with Crippen LogP contribution in [0.3, 0.4) is 0 Å². The van der Waals surface area contributed by atoms with Crippen LogP contribution in [-0.2, 0) is 4.79 Å². The van der Waals surface area contributed by atoms with Gasteiger partial charge in [0.2, 0.25) is 5.91 Å². The summed E-state index contributed by atoms with van der Waals surface area (Å²) in [5, 5.41) is 5.46. The second kappa shape index (κ2) is 9.30. The Morgan fingerprint density at radius 1 is 0.929 bits per heavy atom. The summed E-state index contributed by atoms with van der Waals surface area (Å²) >= 11 is 0. The highest BCUT2D eigenvalue weighted by Gasteiger charge is 2.26. The molecule has 0 fully saturated rings. The first-order chi connectivity index (χ1) is 13.2. The van der Waals surface area contributed by atoms with Crippen molar-refractivity contribution in [1.29, 1.82) is 0 Å².